The van der Waals surface area contributed by atoms with Crippen LogP contribution in [0.5, 0.6) is 0 Å². The van der Waals surface area contributed by atoms with Crippen molar-refractivity contribution >= 4 is 33.5 Å². The molecule has 6 aliphatic carbocycles. The Labute approximate surface area is 179 Å². The summed E-state index contributed by atoms with van der Waals surface area (Å²) in [6.45, 7) is 0.653. The highest BCUT2D eigenvalue weighted by atomic mass is 79.9. The molecule has 0 radical (unpaired) electrons. The normalized spacial score (nSPS) is 39.3. The molecule has 29 heavy (non-hydrogen) atoms. The molecule has 6 heteroatoms. The van der Waals surface area contributed by atoms with E-state index in [1.165, 1.54) is 7.11 Å². The van der Waals surface area contributed by atoms with Crippen LogP contribution in [0.4, 0.5) is 10.1 Å². The van der Waals surface area contributed by atoms with Gasteiger partial charge < -0.3 is 9.64 Å². The second-order valence-corrected chi connectivity index (χ2v) is 11.0. The molecule has 6 fully saturated rings. The van der Waals surface area contributed by atoms with E-state index in [0.717, 1.165) is 48.7 Å². The van der Waals surface area contributed by atoms with Crippen molar-refractivity contribution in [2.45, 2.75) is 63.5 Å². The average molecular weight is 464 g/mol. The molecule has 7 rings (SSSR count). The summed E-state index contributed by atoms with van der Waals surface area (Å²) in [5.74, 6) is 0.00714. The SMILES string of the molecule is COC(=O)C12CCC(CN(C(=O)C34CC(F)(C3)C4)c3cccc(Br)c3)(CC1)CC2. The van der Waals surface area contributed by atoms with Gasteiger partial charge in [0.2, 0.25) is 5.91 Å². The third kappa shape index (κ3) is 2.88. The van der Waals surface area contributed by atoms with Crippen LogP contribution >= 0.6 is 15.9 Å². The van der Waals surface area contributed by atoms with Crippen molar-refractivity contribution in [1.82, 2.24) is 0 Å². The highest BCUT2D eigenvalue weighted by molar-refractivity contribution is 9.10. The molecular weight excluding hydrogens is 437 g/mol. The van der Waals surface area contributed by atoms with E-state index in [4.69, 9.17) is 4.74 Å². The first-order valence-electron chi connectivity index (χ1n) is 10.6. The van der Waals surface area contributed by atoms with Gasteiger partial charge in [0.25, 0.3) is 0 Å². The van der Waals surface area contributed by atoms with Crippen molar-refractivity contribution in [2.75, 3.05) is 18.6 Å². The van der Waals surface area contributed by atoms with Gasteiger partial charge in [-0.25, -0.2) is 4.39 Å². The first-order valence-corrected chi connectivity index (χ1v) is 11.4. The molecule has 0 unspecified atom stereocenters. The quantitative estimate of drug-likeness (QED) is 0.564. The van der Waals surface area contributed by atoms with Crippen molar-refractivity contribution in [2.24, 2.45) is 16.2 Å². The predicted octanol–water partition coefficient (Wildman–Crippen LogP) is 5.19. The standard InChI is InChI=1S/C23H27BrFNO3/c1-29-19(28)21-8-5-20(6-9-21,7-10-21)15-26(17-4-2-3-16(24)11-17)18(27)22-12-23(25,13-22)14-22/h2-4,11H,5-10,12-15H2,1H3. The zero-order chi connectivity index (χ0) is 20.5. The largest absolute Gasteiger partial charge is 0.469 e. The smallest absolute Gasteiger partial charge is 0.311 e. The van der Waals surface area contributed by atoms with Crippen LogP contribution < -0.4 is 4.90 Å². The van der Waals surface area contributed by atoms with Crippen LogP contribution in [0.15, 0.2) is 28.7 Å². The Morgan fingerprint density at radius 1 is 1.07 bits per heavy atom. The lowest BCUT2D eigenvalue weighted by Crippen LogP contribution is -2.71. The maximum absolute atomic E-state index is 14.1. The van der Waals surface area contributed by atoms with Crippen molar-refractivity contribution in [1.29, 1.82) is 0 Å². The zero-order valence-corrected chi connectivity index (χ0v) is 18.4. The summed E-state index contributed by atoms with van der Waals surface area (Å²) in [5, 5.41) is 0. The molecule has 0 heterocycles. The van der Waals surface area contributed by atoms with E-state index >= 15 is 0 Å². The first kappa shape index (κ1) is 19.5. The van der Waals surface area contributed by atoms with Crippen LogP contribution in [-0.4, -0.2) is 31.2 Å². The van der Waals surface area contributed by atoms with Crippen LogP contribution in [-0.2, 0) is 14.3 Å². The highest BCUT2D eigenvalue weighted by Gasteiger charge is 2.73. The number of anilines is 1. The number of benzene rings is 1. The Balaban J connectivity index is 1.40. The van der Waals surface area contributed by atoms with E-state index in [9.17, 15) is 14.0 Å². The van der Waals surface area contributed by atoms with Gasteiger partial charge in [0.1, 0.15) is 5.67 Å². The summed E-state index contributed by atoms with van der Waals surface area (Å²) in [6, 6.07) is 7.85. The second kappa shape index (κ2) is 6.29. The fourth-order valence-corrected chi connectivity index (χ4v) is 6.85. The van der Waals surface area contributed by atoms with Crippen molar-refractivity contribution < 1.29 is 18.7 Å². The van der Waals surface area contributed by atoms with Gasteiger partial charge >= 0.3 is 5.97 Å². The lowest BCUT2D eigenvalue weighted by molar-refractivity contribution is -0.211. The molecule has 0 aliphatic heterocycles. The Hall–Kier alpha value is -1.43. The summed E-state index contributed by atoms with van der Waals surface area (Å²) < 4.78 is 20.2. The Bertz CT molecular complexity index is 840. The number of alkyl halides is 1. The van der Waals surface area contributed by atoms with Gasteiger partial charge in [-0.3, -0.25) is 9.59 Å². The van der Waals surface area contributed by atoms with Gasteiger partial charge in [-0.05, 0) is 81.4 Å². The van der Waals surface area contributed by atoms with Gasteiger partial charge in [0, 0.05) is 16.7 Å². The van der Waals surface area contributed by atoms with Crippen LogP contribution in [0.3, 0.4) is 0 Å². The van der Waals surface area contributed by atoms with E-state index < -0.39 is 11.1 Å². The number of rotatable bonds is 5. The third-order valence-electron chi connectivity index (χ3n) is 8.30. The Morgan fingerprint density at radius 3 is 2.21 bits per heavy atom. The molecule has 1 amide bonds. The van der Waals surface area contributed by atoms with Gasteiger partial charge in [-0.2, -0.15) is 0 Å². The number of amides is 1. The van der Waals surface area contributed by atoms with Crippen molar-refractivity contribution in [3.63, 3.8) is 0 Å². The first-order chi connectivity index (χ1) is 13.7. The fourth-order valence-electron chi connectivity index (χ4n) is 6.46. The number of esters is 1. The molecule has 0 saturated heterocycles. The Morgan fingerprint density at radius 2 is 1.69 bits per heavy atom. The topological polar surface area (TPSA) is 46.6 Å². The number of hydrogen-bond donors (Lipinski definition) is 0. The van der Waals surface area contributed by atoms with Crippen LogP contribution in [0.25, 0.3) is 0 Å². The van der Waals surface area contributed by atoms with E-state index in [0.29, 0.717) is 25.8 Å². The summed E-state index contributed by atoms with van der Waals surface area (Å²) in [7, 11) is 1.47. The zero-order valence-electron chi connectivity index (χ0n) is 16.8. The van der Waals surface area contributed by atoms with E-state index in [1.807, 2.05) is 29.2 Å². The van der Waals surface area contributed by atoms with Gasteiger partial charge in [0.05, 0.1) is 17.9 Å². The van der Waals surface area contributed by atoms with Gasteiger partial charge in [-0.15, -0.1) is 0 Å². The summed E-state index contributed by atoms with van der Waals surface area (Å²) >= 11 is 3.52. The average Bonchev–Trinajstić information content (AvgIpc) is 2.69. The van der Waals surface area contributed by atoms with E-state index in [2.05, 4.69) is 15.9 Å². The number of ether oxygens (including phenoxy) is 1. The highest BCUT2D eigenvalue weighted by Crippen LogP contribution is 2.70. The minimum atomic E-state index is -1.09. The molecule has 0 aromatic heterocycles. The molecule has 0 atom stereocenters. The summed E-state index contributed by atoms with van der Waals surface area (Å²) in [5.41, 5.74) is -0.994. The number of methoxy groups -OCH3 is 1. The molecule has 6 aliphatic rings. The van der Waals surface area contributed by atoms with Crippen molar-refractivity contribution in [3.8, 4) is 0 Å². The molecule has 1 aromatic carbocycles. The monoisotopic (exact) mass is 463 g/mol. The fraction of sp³-hybridized carbons (Fsp3) is 0.652. The molecule has 4 nitrogen and oxygen atoms in total. The third-order valence-corrected chi connectivity index (χ3v) is 8.79. The lowest BCUT2D eigenvalue weighted by atomic mass is 9.41. The minimum absolute atomic E-state index is 0.0324. The Kier molecular flexibility index (Phi) is 4.23. The molecular formula is C23H27BrFNO3. The number of fused-ring (bicyclic) bond motifs is 3. The molecule has 0 spiro atoms. The summed E-state index contributed by atoms with van der Waals surface area (Å²) in [4.78, 5) is 27.8. The molecule has 4 bridgehead atoms. The van der Waals surface area contributed by atoms with E-state index in [-0.39, 0.29) is 22.7 Å². The minimum Gasteiger partial charge on any atom is -0.469 e. The van der Waals surface area contributed by atoms with E-state index in [1.54, 1.807) is 0 Å². The lowest BCUT2D eigenvalue weighted by Gasteiger charge is -2.65. The van der Waals surface area contributed by atoms with Crippen LogP contribution in [0, 0.1) is 16.2 Å². The van der Waals surface area contributed by atoms with Crippen LogP contribution in [0.1, 0.15) is 57.8 Å². The number of halogens is 2. The molecule has 6 saturated carbocycles. The maximum atomic E-state index is 14.1. The number of carbonyl (C=O) groups is 2. The molecule has 1 aromatic rings. The predicted molar refractivity (Wildman–Crippen MR) is 111 cm³/mol. The maximum Gasteiger partial charge on any atom is 0.311 e. The number of hydrogen-bond acceptors (Lipinski definition) is 3. The van der Waals surface area contributed by atoms with Gasteiger partial charge in [0.15, 0.2) is 0 Å². The number of carbonyl (C=O) groups excluding carboxylic acids is 2. The molecule has 156 valence electrons. The van der Waals surface area contributed by atoms with Crippen LogP contribution in [0.2, 0.25) is 0 Å². The summed E-state index contributed by atoms with van der Waals surface area (Å²) in [6.07, 6.45) is 6.42. The number of nitrogens with zero attached hydrogens (tertiary/aromatic N) is 1. The van der Waals surface area contributed by atoms with Crippen molar-refractivity contribution in [3.05, 3.63) is 28.7 Å². The van der Waals surface area contributed by atoms with Gasteiger partial charge in [-0.1, -0.05) is 22.0 Å². The second-order valence-electron chi connectivity index (χ2n) is 10.1. The molecule has 0 N–H and O–H groups in total.